The van der Waals surface area contributed by atoms with Crippen molar-refractivity contribution in [3.63, 3.8) is 0 Å². The molecule has 0 aliphatic carbocycles. The fourth-order valence-electron chi connectivity index (χ4n) is 1.60. The van der Waals surface area contributed by atoms with Crippen molar-refractivity contribution in [3.05, 3.63) is 29.8 Å². The van der Waals surface area contributed by atoms with E-state index in [0.717, 1.165) is 6.07 Å². The number of likely N-dealkylation sites (N-methyl/N-ethyl adjacent to an activating group) is 1. The molecular weight excluding hydrogens is 275 g/mol. The number of halogens is 3. The first-order valence-electron chi connectivity index (χ1n) is 5.89. The van der Waals surface area contributed by atoms with Gasteiger partial charge >= 0.3 is 12.1 Å². The van der Waals surface area contributed by atoms with Crippen molar-refractivity contribution in [2.75, 3.05) is 20.7 Å². The largest absolute Gasteiger partial charge is 0.491 e. The highest BCUT2D eigenvalue weighted by Gasteiger charge is 2.34. The van der Waals surface area contributed by atoms with Crippen LogP contribution in [0.4, 0.5) is 13.2 Å². The SMILES string of the molecule is CN(C)C(COc1ccccc1C(F)(F)F)CC(=O)O. The maximum atomic E-state index is 12.8. The molecule has 0 saturated carbocycles. The van der Waals surface area contributed by atoms with E-state index in [9.17, 15) is 18.0 Å². The molecule has 0 fully saturated rings. The number of hydrogen-bond donors (Lipinski definition) is 1. The van der Waals surface area contributed by atoms with Crippen molar-refractivity contribution >= 4 is 5.97 Å². The van der Waals surface area contributed by atoms with Crippen molar-refractivity contribution in [1.82, 2.24) is 4.90 Å². The monoisotopic (exact) mass is 291 g/mol. The van der Waals surface area contributed by atoms with Crippen molar-refractivity contribution < 1.29 is 27.8 Å². The van der Waals surface area contributed by atoms with Crippen molar-refractivity contribution in [1.29, 1.82) is 0 Å². The van der Waals surface area contributed by atoms with E-state index in [4.69, 9.17) is 9.84 Å². The molecule has 1 aromatic carbocycles. The number of para-hydroxylation sites is 1. The molecule has 7 heteroatoms. The van der Waals surface area contributed by atoms with Gasteiger partial charge in [0.1, 0.15) is 12.4 Å². The number of rotatable bonds is 6. The maximum absolute atomic E-state index is 12.8. The van der Waals surface area contributed by atoms with E-state index >= 15 is 0 Å². The summed E-state index contributed by atoms with van der Waals surface area (Å²) in [6.07, 6.45) is -4.71. The number of aliphatic carboxylic acids is 1. The van der Waals surface area contributed by atoms with Crippen LogP contribution in [0.5, 0.6) is 5.75 Å². The molecule has 20 heavy (non-hydrogen) atoms. The van der Waals surface area contributed by atoms with Crippen LogP contribution in [0.15, 0.2) is 24.3 Å². The van der Waals surface area contributed by atoms with Gasteiger partial charge in [-0.15, -0.1) is 0 Å². The summed E-state index contributed by atoms with van der Waals surface area (Å²) in [5.41, 5.74) is -0.868. The van der Waals surface area contributed by atoms with Crippen LogP contribution in [0.25, 0.3) is 0 Å². The van der Waals surface area contributed by atoms with Crippen LogP contribution in [0, 0.1) is 0 Å². The molecule has 0 saturated heterocycles. The summed E-state index contributed by atoms with van der Waals surface area (Å²) in [6, 6.07) is 4.35. The summed E-state index contributed by atoms with van der Waals surface area (Å²) in [5.74, 6) is -1.33. The van der Waals surface area contributed by atoms with Gasteiger partial charge in [-0.3, -0.25) is 4.79 Å². The first kappa shape index (κ1) is 16.3. The minimum absolute atomic E-state index is 0.133. The average molecular weight is 291 g/mol. The summed E-state index contributed by atoms with van der Waals surface area (Å²) in [6.45, 7) is -0.133. The van der Waals surface area contributed by atoms with Crippen molar-refractivity contribution in [2.24, 2.45) is 0 Å². The van der Waals surface area contributed by atoms with Crippen LogP contribution >= 0.6 is 0 Å². The van der Waals surface area contributed by atoms with E-state index in [-0.39, 0.29) is 18.8 Å². The minimum Gasteiger partial charge on any atom is -0.491 e. The Morgan fingerprint density at radius 1 is 1.35 bits per heavy atom. The summed E-state index contributed by atoms with van der Waals surface area (Å²) >= 11 is 0. The quantitative estimate of drug-likeness (QED) is 0.875. The first-order valence-corrected chi connectivity index (χ1v) is 5.89. The first-order chi connectivity index (χ1) is 9.21. The summed E-state index contributed by atoms with van der Waals surface area (Å²) in [7, 11) is 3.29. The standard InChI is InChI=1S/C13H16F3NO3/c1-17(2)9(7-12(18)19)8-20-11-6-4-3-5-10(11)13(14,15)16/h3-6,9H,7-8H2,1-2H3,(H,18,19). The molecule has 0 radical (unpaired) electrons. The van der Waals surface area contributed by atoms with Gasteiger partial charge in [-0.05, 0) is 26.2 Å². The number of carboxylic acids is 1. The van der Waals surface area contributed by atoms with Gasteiger partial charge in [-0.2, -0.15) is 13.2 Å². The van der Waals surface area contributed by atoms with Gasteiger partial charge in [0.05, 0.1) is 18.0 Å². The molecule has 112 valence electrons. The molecule has 0 heterocycles. The van der Waals surface area contributed by atoms with Gasteiger partial charge in [-0.1, -0.05) is 12.1 Å². The molecule has 1 rings (SSSR count). The number of carbonyl (C=O) groups is 1. The molecule has 1 atom stereocenters. The van der Waals surface area contributed by atoms with E-state index in [1.165, 1.54) is 18.2 Å². The number of ether oxygens (including phenoxy) is 1. The van der Waals surface area contributed by atoms with Crippen LogP contribution in [0.3, 0.4) is 0 Å². The number of hydrogen-bond acceptors (Lipinski definition) is 3. The summed E-state index contributed by atoms with van der Waals surface area (Å²) < 4.78 is 43.4. The number of carboxylic acid groups (broad SMARTS) is 1. The van der Waals surface area contributed by atoms with Crippen LogP contribution < -0.4 is 4.74 Å². The predicted octanol–water partition coefficient (Wildman–Crippen LogP) is 2.49. The van der Waals surface area contributed by atoms with E-state index in [1.54, 1.807) is 19.0 Å². The number of nitrogens with zero attached hydrogens (tertiary/aromatic N) is 1. The Labute approximate surface area is 114 Å². The zero-order chi connectivity index (χ0) is 15.3. The van der Waals surface area contributed by atoms with Gasteiger partial charge < -0.3 is 14.7 Å². The normalized spacial score (nSPS) is 13.3. The number of benzene rings is 1. The van der Waals surface area contributed by atoms with Gasteiger partial charge in [0.15, 0.2) is 0 Å². The molecule has 0 aliphatic rings. The third-order valence-corrected chi connectivity index (χ3v) is 2.76. The lowest BCUT2D eigenvalue weighted by molar-refractivity contribution is -0.140. The second kappa shape index (κ2) is 6.60. The Bertz CT molecular complexity index is 460. The Kier molecular flexibility index (Phi) is 5.38. The van der Waals surface area contributed by atoms with Gasteiger partial charge in [0.2, 0.25) is 0 Å². The molecule has 1 unspecified atom stereocenters. The second-order valence-corrected chi connectivity index (χ2v) is 4.52. The summed E-state index contributed by atoms with van der Waals surface area (Å²) in [5, 5.41) is 8.75. The maximum Gasteiger partial charge on any atom is 0.419 e. The van der Waals surface area contributed by atoms with Crippen LogP contribution in [0.2, 0.25) is 0 Å². The molecule has 0 bridgehead atoms. The fourth-order valence-corrected chi connectivity index (χ4v) is 1.60. The molecule has 4 nitrogen and oxygen atoms in total. The molecule has 0 aromatic heterocycles. The third kappa shape index (κ3) is 4.73. The molecular formula is C13H16F3NO3. The highest BCUT2D eigenvalue weighted by molar-refractivity contribution is 5.67. The highest BCUT2D eigenvalue weighted by Crippen LogP contribution is 2.35. The Hall–Kier alpha value is -1.76. The van der Waals surface area contributed by atoms with Crippen molar-refractivity contribution in [2.45, 2.75) is 18.6 Å². The Morgan fingerprint density at radius 2 is 1.95 bits per heavy atom. The lowest BCUT2D eigenvalue weighted by atomic mass is 10.2. The fraction of sp³-hybridized carbons (Fsp3) is 0.462. The third-order valence-electron chi connectivity index (χ3n) is 2.76. The predicted molar refractivity (Wildman–Crippen MR) is 66.7 cm³/mol. The van der Waals surface area contributed by atoms with Gasteiger partial charge in [0.25, 0.3) is 0 Å². The average Bonchev–Trinajstić information content (AvgIpc) is 2.33. The summed E-state index contributed by atoms with van der Waals surface area (Å²) in [4.78, 5) is 12.3. The Balaban J connectivity index is 2.81. The molecule has 1 aromatic rings. The Morgan fingerprint density at radius 3 is 2.45 bits per heavy atom. The second-order valence-electron chi connectivity index (χ2n) is 4.52. The van der Waals surface area contributed by atoms with Crippen LogP contribution in [-0.4, -0.2) is 42.7 Å². The number of alkyl halides is 3. The molecule has 0 spiro atoms. The van der Waals surface area contributed by atoms with Crippen LogP contribution in [0.1, 0.15) is 12.0 Å². The lowest BCUT2D eigenvalue weighted by Crippen LogP contribution is -2.35. The van der Waals surface area contributed by atoms with Gasteiger partial charge in [-0.25, -0.2) is 0 Å². The molecule has 0 amide bonds. The topological polar surface area (TPSA) is 49.8 Å². The van der Waals surface area contributed by atoms with Gasteiger partial charge in [0, 0.05) is 0 Å². The van der Waals surface area contributed by atoms with E-state index in [0.29, 0.717) is 0 Å². The zero-order valence-corrected chi connectivity index (χ0v) is 11.1. The van der Waals surface area contributed by atoms with Crippen LogP contribution in [-0.2, 0) is 11.0 Å². The molecule has 0 aliphatic heterocycles. The highest BCUT2D eigenvalue weighted by atomic mass is 19.4. The van der Waals surface area contributed by atoms with E-state index in [2.05, 4.69) is 0 Å². The smallest absolute Gasteiger partial charge is 0.419 e. The lowest BCUT2D eigenvalue weighted by Gasteiger charge is -2.23. The van der Waals surface area contributed by atoms with Crippen molar-refractivity contribution in [3.8, 4) is 5.75 Å². The minimum atomic E-state index is -4.50. The van der Waals surface area contributed by atoms with E-state index < -0.39 is 23.8 Å². The molecule has 1 N–H and O–H groups in total. The van der Waals surface area contributed by atoms with E-state index in [1.807, 2.05) is 0 Å². The zero-order valence-electron chi connectivity index (χ0n) is 11.1.